The highest BCUT2D eigenvalue weighted by Crippen LogP contribution is 2.13. The van der Waals surface area contributed by atoms with E-state index in [2.05, 4.69) is 26.1 Å². The van der Waals surface area contributed by atoms with Crippen LogP contribution in [0, 0.1) is 6.92 Å². The number of urea groups is 1. The standard InChI is InChI=1S/C10H15N5O2S/c1-6-14-15-10(18-6)13-9(17)12-7-4-2-3-5-11-8(7)16/h7H,2-5H2,1H3,(H,11,16)(H2,12,13,15,17)/t7-/m0/s1. The number of hydrogen-bond donors (Lipinski definition) is 3. The van der Waals surface area contributed by atoms with E-state index >= 15 is 0 Å². The summed E-state index contributed by atoms with van der Waals surface area (Å²) in [7, 11) is 0. The zero-order valence-corrected chi connectivity index (χ0v) is 10.8. The van der Waals surface area contributed by atoms with Gasteiger partial charge in [0.1, 0.15) is 11.0 Å². The molecule has 0 unspecified atom stereocenters. The Morgan fingerprint density at radius 1 is 1.44 bits per heavy atom. The summed E-state index contributed by atoms with van der Waals surface area (Å²) >= 11 is 1.29. The van der Waals surface area contributed by atoms with Gasteiger partial charge in [-0.25, -0.2) is 4.79 Å². The zero-order valence-electron chi connectivity index (χ0n) is 10.0. The Bertz CT molecular complexity index is 447. The van der Waals surface area contributed by atoms with Crippen LogP contribution in [0.15, 0.2) is 0 Å². The quantitative estimate of drug-likeness (QED) is 0.734. The Morgan fingerprint density at radius 2 is 2.28 bits per heavy atom. The molecule has 0 aliphatic carbocycles. The number of amides is 3. The second-order valence-corrected chi connectivity index (χ2v) is 5.25. The summed E-state index contributed by atoms with van der Waals surface area (Å²) in [4.78, 5) is 23.3. The van der Waals surface area contributed by atoms with Crippen LogP contribution in [-0.2, 0) is 4.79 Å². The summed E-state index contributed by atoms with van der Waals surface area (Å²) in [5.74, 6) is -0.129. The lowest BCUT2D eigenvalue weighted by molar-refractivity contribution is -0.122. The first-order valence-electron chi connectivity index (χ1n) is 5.80. The molecule has 1 atom stereocenters. The molecule has 1 aromatic rings. The molecular weight excluding hydrogens is 254 g/mol. The molecular formula is C10H15N5O2S. The van der Waals surface area contributed by atoms with Crippen molar-refractivity contribution in [3.05, 3.63) is 5.01 Å². The van der Waals surface area contributed by atoms with Crippen LogP contribution >= 0.6 is 11.3 Å². The maximum atomic E-state index is 11.7. The monoisotopic (exact) mass is 269 g/mol. The fraction of sp³-hybridized carbons (Fsp3) is 0.600. The third kappa shape index (κ3) is 3.39. The van der Waals surface area contributed by atoms with Crippen molar-refractivity contribution in [2.24, 2.45) is 0 Å². The molecule has 18 heavy (non-hydrogen) atoms. The lowest BCUT2D eigenvalue weighted by Crippen LogP contribution is -2.46. The molecule has 0 radical (unpaired) electrons. The summed E-state index contributed by atoms with van der Waals surface area (Å²) in [6.45, 7) is 2.48. The first-order valence-corrected chi connectivity index (χ1v) is 6.62. The molecule has 1 saturated heterocycles. The van der Waals surface area contributed by atoms with Crippen LogP contribution in [0.1, 0.15) is 24.3 Å². The van der Waals surface area contributed by atoms with Gasteiger partial charge in [-0.15, -0.1) is 10.2 Å². The van der Waals surface area contributed by atoms with Crippen LogP contribution in [0.5, 0.6) is 0 Å². The van der Waals surface area contributed by atoms with Crippen LogP contribution < -0.4 is 16.0 Å². The van der Waals surface area contributed by atoms with Crippen molar-refractivity contribution in [3.8, 4) is 0 Å². The van der Waals surface area contributed by atoms with E-state index in [0.29, 0.717) is 18.1 Å². The van der Waals surface area contributed by atoms with E-state index in [0.717, 1.165) is 17.8 Å². The summed E-state index contributed by atoms with van der Waals surface area (Å²) < 4.78 is 0. The second-order valence-electron chi connectivity index (χ2n) is 4.06. The summed E-state index contributed by atoms with van der Waals surface area (Å²) in [6, 6.07) is -0.894. The highest BCUT2D eigenvalue weighted by molar-refractivity contribution is 7.15. The molecule has 0 saturated carbocycles. The van der Waals surface area contributed by atoms with Gasteiger partial charge < -0.3 is 10.6 Å². The Morgan fingerprint density at radius 3 is 3.00 bits per heavy atom. The lowest BCUT2D eigenvalue weighted by atomic mass is 10.1. The topological polar surface area (TPSA) is 96.0 Å². The van der Waals surface area contributed by atoms with Gasteiger partial charge in [-0.1, -0.05) is 11.3 Å². The van der Waals surface area contributed by atoms with E-state index < -0.39 is 12.1 Å². The first kappa shape index (κ1) is 12.7. The van der Waals surface area contributed by atoms with Crippen molar-refractivity contribution >= 4 is 28.4 Å². The van der Waals surface area contributed by atoms with Gasteiger partial charge in [-0.3, -0.25) is 10.1 Å². The number of nitrogens with zero attached hydrogens (tertiary/aromatic N) is 2. The highest BCUT2D eigenvalue weighted by Gasteiger charge is 2.22. The predicted molar refractivity (Wildman–Crippen MR) is 67.4 cm³/mol. The first-order chi connectivity index (χ1) is 8.65. The summed E-state index contributed by atoms with van der Waals surface area (Å²) in [5.41, 5.74) is 0. The van der Waals surface area contributed by atoms with Gasteiger partial charge >= 0.3 is 6.03 Å². The van der Waals surface area contributed by atoms with Crippen LogP contribution in [-0.4, -0.2) is 34.7 Å². The maximum Gasteiger partial charge on any atom is 0.321 e. The number of hydrogen-bond acceptors (Lipinski definition) is 5. The molecule has 8 heteroatoms. The van der Waals surface area contributed by atoms with E-state index in [1.54, 1.807) is 6.92 Å². The third-order valence-electron chi connectivity index (χ3n) is 2.59. The van der Waals surface area contributed by atoms with Crippen molar-refractivity contribution < 1.29 is 9.59 Å². The molecule has 1 aliphatic rings. The molecule has 0 aromatic carbocycles. The lowest BCUT2D eigenvalue weighted by Gasteiger charge is -2.14. The van der Waals surface area contributed by atoms with Crippen molar-refractivity contribution in [1.29, 1.82) is 0 Å². The Hall–Kier alpha value is -1.70. The van der Waals surface area contributed by atoms with Gasteiger partial charge in [0.15, 0.2) is 0 Å². The molecule has 98 valence electrons. The van der Waals surface area contributed by atoms with E-state index in [1.807, 2.05) is 0 Å². The Labute approximate surface area is 108 Å². The van der Waals surface area contributed by atoms with Crippen molar-refractivity contribution in [2.75, 3.05) is 11.9 Å². The number of rotatable bonds is 2. The average Bonchev–Trinajstić information content (AvgIpc) is 2.61. The van der Waals surface area contributed by atoms with Crippen LogP contribution in [0.4, 0.5) is 9.93 Å². The largest absolute Gasteiger partial charge is 0.354 e. The van der Waals surface area contributed by atoms with Crippen molar-refractivity contribution in [3.63, 3.8) is 0 Å². The second kappa shape index (κ2) is 5.76. The van der Waals surface area contributed by atoms with Crippen LogP contribution in [0.25, 0.3) is 0 Å². The molecule has 0 bridgehead atoms. The number of aromatic nitrogens is 2. The molecule has 3 amide bonds. The zero-order chi connectivity index (χ0) is 13.0. The number of carbonyl (C=O) groups excluding carboxylic acids is 2. The van der Waals surface area contributed by atoms with Crippen LogP contribution in [0.2, 0.25) is 0 Å². The minimum Gasteiger partial charge on any atom is -0.354 e. The van der Waals surface area contributed by atoms with E-state index in [4.69, 9.17) is 0 Å². The van der Waals surface area contributed by atoms with Gasteiger partial charge in [0.25, 0.3) is 0 Å². The normalized spacial score (nSPS) is 19.8. The average molecular weight is 269 g/mol. The fourth-order valence-electron chi connectivity index (χ4n) is 1.72. The van der Waals surface area contributed by atoms with Crippen molar-refractivity contribution in [2.45, 2.75) is 32.2 Å². The summed E-state index contributed by atoms with van der Waals surface area (Å²) in [5, 5.41) is 16.8. The van der Waals surface area contributed by atoms with E-state index in [1.165, 1.54) is 11.3 Å². The number of carbonyl (C=O) groups is 2. The van der Waals surface area contributed by atoms with Crippen molar-refractivity contribution in [1.82, 2.24) is 20.8 Å². The van der Waals surface area contributed by atoms with Gasteiger partial charge in [-0.2, -0.15) is 0 Å². The molecule has 2 heterocycles. The smallest absolute Gasteiger partial charge is 0.321 e. The maximum absolute atomic E-state index is 11.7. The van der Waals surface area contributed by atoms with E-state index in [-0.39, 0.29) is 5.91 Å². The minimum absolute atomic E-state index is 0.129. The molecule has 2 rings (SSSR count). The number of nitrogens with one attached hydrogen (secondary N) is 3. The van der Waals surface area contributed by atoms with Gasteiger partial charge in [0.2, 0.25) is 11.0 Å². The van der Waals surface area contributed by atoms with E-state index in [9.17, 15) is 9.59 Å². The Balaban J connectivity index is 1.88. The Kier molecular flexibility index (Phi) is 4.08. The molecule has 1 aliphatic heterocycles. The fourth-order valence-corrected chi connectivity index (χ4v) is 2.30. The molecule has 1 aromatic heterocycles. The molecule has 1 fully saturated rings. The van der Waals surface area contributed by atoms with Gasteiger partial charge in [0, 0.05) is 6.54 Å². The summed E-state index contributed by atoms with van der Waals surface area (Å²) in [6.07, 6.45) is 2.52. The predicted octanol–water partition coefficient (Wildman–Crippen LogP) is 0.637. The molecule has 0 spiro atoms. The van der Waals surface area contributed by atoms with Gasteiger partial charge in [-0.05, 0) is 26.2 Å². The number of anilines is 1. The minimum atomic E-state index is -0.471. The molecule has 3 N–H and O–H groups in total. The highest BCUT2D eigenvalue weighted by atomic mass is 32.1. The van der Waals surface area contributed by atoms with Gasteiger partial charge in [0.05, 0.1) is 0 Å². The SMILES string of the molecule is Cc1nnc(NC(=O)N[C@H]2CCCCNC2=O)s1. The molecule has 7 nitrogen and oxygen atoms in total. The van der Waals surface area contributed by atoms with Crippen LogP contribution in [0.3, 0.4) is 0 Å². The number of aryl methyl sites for hydroxylation is 1. The third-order valence-corrected chi connectivity index (χ3v) is 3.34.